The number of rotatable bonds is 4. The minimum atomic E-state index is -4.56. The van der Waals surface area contributed by atoms with Gasteiger partial charge in [-0.1, -0.05) is 0 Å². The van der Waals surface area contributed by atoms with E-state index in [4.69, 9.17) is 0 Å². The van der Waals surface area contributed by atoms with E-state index in [1.54, 1.807) is 17.8 Å². The Morgan fingerprint density at radius 2 is 2.00 bits per heavy atom. The van der Waals surface area contributed by atoms with Gasteiger partial charge in [0.05, 0.1) is 34.1 Å². The molecule has 158 valence electrons. The van der Waals surface area contributed by atoms with Crippen molar-refractivity contribution in [1.82, 2.24) is 29.5 Å². The highest BCUT2D eigenvalue weighted by Crippen LogP contribution is 2.40. The van der Waals surface area contributed by atoms with Gasteiger partial charge >= 0.3 is 6.18 Å². The number of fused-ring (bicyclic) bond motifs is 1. The molecule has 4 aromatic rings. The van der Waals surface area contributed by atoms with Gasteiger partial charge < -0.3 is 5.32 Å². The molecule has 1 aliphatic carbocycles. The summed E-state index contributed by atoms with van der Waals surface area (Å²) >= 11 is 0. The number of nitrogens with one attached hydrogen (secondary N) is 1. The topological polar surface area (TPSA) is 90.5 Å². The predicted octanol–water partition coefficient (Wildman–Crippen LogP) is 3.70. The molecule has 11 heteroatoms. The number of pyridine rings is 1. The molecule has 1 N–H and O–H groups in total. The smallest absolute Gasteiger partial charge is 0.320 e. The van der Waals surface area contributed by atoms with Crippen LogP contribution in [-0.4, -0.2) is 35.4 Å². The molecule has 0 unspecified atom stereocenters. The van der Waals surface area contributed by atoms with Crippen LogP contribution >= 0.6 is 0 Å². The van der Waals surface area contributed by atoms with Crippen LogP contribution in [0.2, 0.25) is 0 Å². The number of halogens is 3. The van der Waals surface area contributed by atoms with Crippen LogP contribution < -0.4 is 5.32 Å². The first-order valence-electron chi connectivity index (χ1n) is 9.51. The third-order valence-corrected chi connectivity index (χ3v) is 5.20. The number of nitrogens with zero attached hydrogens (tertiary/aromatic N) is 6. The standard InChI is InChI=1S/C20H16F3N7O/c1-29-18-14(8-25-29)13(7-15(27-18)11-2-3-11)19(31)28-16-6-12(20(21,22)23)4-5-17(16)30-10-24-9-26-30/h4-11H,2-3H2,1H3,(H,28,31). The normalized spacial score (nSPS) is 14.2. The molecule has 1 saturated carbocycles. The van der Waals surface area contributed by atoms with Gasteiger partial charge in [-0.05, 0) is 37.1 Å². The van der Waals surface area contributed by atoms with Gasteiger partial charge in [0.1, 0.15) is 12.7 Å². The summed E-state index contributed by atoms with van der Waals surface area (Å²) in [4.78, 5) is 21.6. The average molecular weight is 427 g/mol. The Hall–Kier alpha value is -3.76. The van der Waals surface area contributed by atoms with Crippen molar-refractivity contribution in [1.29, 1.82) is 0 Å². The molecular weight excluding hydrogens is 411 g/mol. The van der Waals surface area contributed by atoms with Crippen molar-refractivity contribution in [3.8, 4) is 5.69 Å². The van der Waals surface area contributed by atoms with E-state index in [0.29, 0.717) is 16.6 Å². The second-order valence-corrected chi connectivity index (χ2v) is 7.40. The molecule has 8 nitrogen and oxygen atoms in total. The Morgan fingerprint density at radius 3 is 2.68 bits per heavy atom. The van der Waals surface area contributed by atoms with Crippen molar-refractivity contribution in [3.05, 3.63) is 59.9 Å². The molecule has 0 atom stereocenters. The number of carbonyl (C=O) groups excluding carboxylic acids is 1. The molecule has 1 aromatic carbocycles. The number of aryl methyl sites for hydroxylation is 1. The van der Waals surface area contributed by atoms with E-state index >= 15 is 0 Å². The lowest BCUT2D eigenvalue weighted by Crippen LogP contribution is -2.16. The first-order valence-corrected chi connectivity index (χ1v) is 9.51. The van der Waals surface area contributed by atoms with Gasteiger partial charge in [0.25, 0.3) is 5.91 Å². The van der Waals surface area contributed by atoms with Crippen LogP contribution in [0, 0.1) is 0 Å². The average Bonchev–Trinajstić information content (AvgIpc) is 3.31. The molecule has 1 fully saturated rings. The molecule has 3 aromatic heterocycles. The maximum Gasteiger partial charge on any atom is 0.416 e. The summed E-state index contributed by atoms with van der Waals surface area (Å²) in [5, 5.41) is 11.3. The fourth-order valence-electron chi connectivity index (χ4n) is 3.44. The van der Waals surface area contributed by atoms with Gasteiger partial charge in [-0.2, -0.15) is 23.4 Å². The zero-order chi connectivity index (χ0) is 21.8. The number of anilines is 1. The molecule has 0 aliphatic heterocycles. The summed E-state index contributed by atoms with van der Waals surface area (Å²) < 4.78 is 42.7. The van der Waals surface area contributed by atoms with Crippen LogP contribution in [0.4, 0.5) is 18.9 Å². The predicted molar refractivity (Wildman–Crippen MR) is 105 cm³/mol. The molecule has 5 rings (SSSR count). The van der Waals surface area contributed by atoms with E-state index in [-0.39, 0.29) is 17.3 Å². The summed E-state index contributed by atoms with van der Waals surface area (Å²) in [7, 11) is 1.73. The Kier molecular flexibility index (Phi) is 4.27. The van der Waals surface area contributed by atoms with Crippen LogP contribution in [0.25, 0.3) is 16.7 Å². The van der Waals surface area contributed by atoms with Gasteiger partial charge in [0, 0.05) is 18.7 Å². The van der Waals surface area contributed by atoms with Crippen LogP contribution in [0.3, 0.4) is 0 Å². The minimum Gasteiger partial charge on any atom is -0.320 e. The molecule has 31 heavy (non-hydrogen) atoms. The highest BCUT2D eigenvalue weighted by Gasteiger charge is 2.32. The van der Waals surface area contributed by atoms with Crippen LogP contribution in [0.15, 0.2) is 43.1 Å². The molecule has 1 aliphatic rings. The van der Waals surface area contributed by atoms with E-state index in [1.165, 1.54) is 29.6 Å². The van der Waals surface area contributed by atoms with E-state index in [0.717, 1.165) is 30.7 Å². The SMILES string of the molecule is Cn1ncc2c(C(=O)Nc3cc(C(F)(F)F)ccc3-n3cncn3)cc(C3CC3)nc21. The lowest BCUT2D eigenvalue weighted by Gasteiger charge is -2.15. The minimum absolute atomic E-state index is 0.0350. The quantitative estimate of drug-likeness (QED) is 0.536. The van der Waals surface area contributed by atoms with Gasteiger partial charge in [-0.25, -0.2) is 14.6 Å². The summed E-state index contributed by atoms with van der Waals surface area (Å²) in [5.74, 6) is -0.270. The van der Waals surface area contributed by atoms with Crippen molar-refractivity contribution in [2.75, 3.05) is 5.32 Å². The maximum atomic E-state index is 13.3. The first-order chi connectivity index (χ1) is 14.8. The number of carbonyl (C=O) groups is 1. The highest BCUT2D eigenvalue weighted by atomic mass is 19.4. The van der Waals surface area contributed by atoms with E-state index < -0.39 is 17.6 Å². The Balaban J connectivity index is 1.59. The Morgan fingerprint density at radius 1 is 1.19 bits per heavy atom. The number of aromatic nitrogens is 6. The van der Waals surface area contributed by atoms with Gasteiger partial charge in [0.15, 0.2) is 5.65 Å². The first kappa shape index (κ1) is 19.2. The summed E-state index contributed by atoms with van der Waals surface area (Å²) in [6.45, 7) is 0. The summed E-state index contributed by atoms with van der Waals surface area (Å²) in [6, 6.07) is 4.76. The largest absolute Gasteiger partial charge is 0.416 e. The van der Waals surface area contributed by atoms with Crippen LogP contribution in [-0.2, 0) is 13.2 Å². The number of benzene rings is 1. The Bertz CT molecular complexity index is 1290. The van der Waals surface area contributed by atoms with E-state index in [1.807, 2.05) is 0 Å². The summed E-state index contributed by atoms with van der Waals surface area (Å²) in [5.41, 5.74) is 0.982. The zero-order valence-corrected chi connectivity index (χ0v) is 16.3. The second-order valence-electron chi connectivity index (χ2n) is 7.40. The lowest BCUT2D eigenvalue weighted by molar-refractivity contribution is -0.137. The molecule has 0 bridgehead atoms. The van der Waals surface area contributed by atoms with Crippen molar-refractivity contribution in [2.24, 2.45) is 7.05 Å². The van der Waals surface area contributed by atoms with Crippen molar-refractivity contribution in [3.63, 3.8) is 0 Å². The highest BCUT2D eigenvalue weighted by molar-refractivity contribution is 6.12. The molecular formula is C20H16F3N7O. The van der Waals surface area contributed by atoms with Crippen molar-refractivity contribution >= 4 is 22.6 Å². The maximum absolute atomic E-state index is 13.3. The lowest BCUT2D eigenvalue weighted by atomic mass is 10.1. The van der Waals surface area contributed by atoms with E-state index in [9.17, 15) is 18.0 Å². The molecule has 0 saturated heterocycles. The third kappa shape index (κ3) is 3.51. The molecule has 1 amide bonds. The van der Waals surface area contributed by atoms with Gasteiger partial charge in [0.2, 0.25) is 0 Å². The van der Waals surface area contributed by atoms with E-state index in [2.05, 4.69) is 25.5 Å². The van der Waals surface area contributed by atoms with Crippen LogP contribution in [0.1, 0.15) is 40.4 Å². The fourth-order valence-corrected chi connectivity index (χ4v) is 3.44. The fraction of sp³-hybridized carbons (Fsp3) is 0.250. The second kappa shape index (κ2) is 6.89. The number of hydrogen-bond acceptors (Lipinski definition) is 5. The summed E-state index contributed by atoms with van der Waals surface area (Å²) in [6.07, 6.45) is 1.54. The van der Waals surface area contributed by atoms with Gasteiger partial charge in [-0.15, -0.1) is 0 Å². The number of alkyl halides is 3. The third-order valence-electron chi connectivity index (χ3n) is 5.20. The molecule has 3 heterocycles. The molecule has 0 radical (unpaired) electrons. The van der Waals surface area contributed by atoms with Gasteiger partial charge in [-0.3, -0.25) is 9.48 Å². The zero-order valence-electron chi connectivity index (χ0n) is 16.3. The van der Waals surface area contributed by atoms with Crippen molar-refractivity contribution < 1.29 is 18.0 Å². The van der Waals surface area contributed by atoms with Crippen molar-refractivity contribution in [2.45, 2.75) is 24.9 Å². The number of amides is 1. The monoisotopic (exact) mass is 427 g/mol. The number of hydrogen-bond donors (Lipinski definition) is 1. The Labute approximate surface area is 173 Å². The van der Waals surface area contributed by atoms with Crippen LogP contribution in [0.5, 0.6) is 0 Å². The molecule has 0 spiro atoms.